The number of hydrogen-bond donors (Lipinski definition) is 2. The van der Waals surface area contributed by atoms with Crippen LogP contribution in [0.1, 0.15) is 37.0 Å². The minimum absolute atomic E-state index is 0.150. The molecule has 0 saturated carbocycles. The van der Waals surface area contributed by atoms with Gasteiger partial charge in [0.2, 0.25) is 0 Å². The Kier molecular flexibility index (Phi) is 7.97. The van der Waals surface area contributed by atoms with Gasteiger partial charge in [-0.3, -0.25) is 9.52 Å². The Morgan fingerprint density at radius 3 is 2.45 bits per heavy atom. The zero-order valence-electron chi connectivity index (χ0n) is 18.0. The Balaban J connectivity index is 1.56. The number of benzene rings is 2. The van der Waals surface area contributed by atoms with Gasteiger partial charge < -0.3 is 10.2 Å². The minimum atomic E-state index is -3.74. The van der Waals surface area contributed by atoms with Crippen LogP contribution in [0.4, 0.5) is 5.69 Å². The molecule has 0 unspecified atom stereocenters. The van der Waals surface area contributed by atoms with Crippen molar-refractivity contribution < 1.29 is 13.2 Å². The van der Waals surface area contributed by atoms with E-state index in [-0.39, 0.29) is 27.1 Å². The first-order valence-corrected chi connectivity index (χ1v) is 12.5. The van der Waals surface area contributed by atoms with E-state index in [9.17, 15) is 13.2 Å². The molecule has 0 spiro atoms. The number of likely N-dealkylation sites (tertiary alicyclic amines) is 1. The SMILES string of the molecule is C[C@@H]1C[C@H](C)CN(CCCNC(=O)c2cc(NS(=O)(=O)c3ccccc3)ccc2Cl)C1. The molecule has 1 heterocycles. The molecule has 0 radical (unpaired) electrons. The van der Waals surface area contributed by atoms with E-state index in [1.54, 1.807) is 18.2 Å². The average molecular weight is 464 g/mol. The summed E-state index contributed by atoms with van der Waals surface area (Å²) >= 11 is 6.20. The molecule has 3 rings (SSSR count). The maximum atomic E-state index is 12.6. The molecule has 2 N–H and O–H groups in total. The first-order valence-electron chi connectivity index (χ1n) is 10.6. The van der Waals surface area contributed by atoms with E-state index in [1.165, 1.54) is 36.8 Å². The first-order chi connectivity index (χ1) is 14.7. The quantitative estimate of drug-likeness (QED) is 0.574. The van der Waals surface area contributed by atoms with Gasteiger partial charge in [0.25, 0.3) is 15.9 Å². The van der Waals surface area contributed by atoms with Crippen LogP contribution >= 0.6 is 11.6 Å². The average Bonchev–Trinajstić information content (AvgIpc) is 2.72. The number of carbonyl (C=O) groups is 1. The predicted molar refractivity (Wildman–Crippen MR) is 125 cm³/mol. The lowest BCUT2D eigenvalue weighted by Gasteiger charge is -2.34. The number of halogens is 1. The number of anilines is 1. The van der Waals surface area contributed by atoms with Gasteiger partial charge in [-0.25, -0.2) is 8.42 Å². The molecular weight excluding hydrogens is 434 g/mol. The van der Waals surface area contributed by atoms with Gasteiger partial charge in [0.15, 0.2) is 0 Å². The predicted octanol–water partition coefficient (Wildman–Crippen LogP) is 4.24. The van der Waals surface area contributed by atoms with Crippen LogP contribution < -0.4 is 10.0 Å². The molecule has 168 valence electrons. The third kappa shape index (κ3) is 6.69. The second-order valence-electron chi connectivity index (χ2n) is 8.43. The van der Waals surface area contributed by atoms with Gasteiger partial charge >= 0.3 is 0 Å². The first kappa shape index (κ1) is 23.6. The zero-order valence-corrected chi connectivity index (χ0v) is 19.5. The van der Waals surface area contributed by atoms with Crippen LogP contribution in [0.5, 0.6) is 0 Å². The van der Waals surface area contributed by atoms with Gasteiger partial charge in [-0.05, 0) is 61.6 Å². The van der Waals surface area contributed by atoms with Crippen LogP contribution in [0.2, 0.25) is 5.02 Å². The molecule has 1 amide bonds. The number of piperidine rings is 1. The summed E-state index contributed by atoms with van der Waals surface area (Å²) in [5, 5.41) is 3.17. The van der Waals surface area contributed by atoms with E-state index < -0.39 is 10.0 Å². The molecule has 6 nitrogen and oxygen atoms in total. The summed E-state index contributed by atoms with van der Waals surface area (Å²) in [6.45, 7) is 8.26. The standard InChI is InChI=1S/C23H30ClN3O3S/c1-17-13-18(2)16-27(15-17)12-6-11-25-23(28)21-14-19(9-10-22(21)24)26-31(29,30)20-7-4-3-5-8-20/h3-5,7-10,14,17-18,26H,6,11-13,15-16H2,1-2H3,(H,25,28)/t17-,18+. The van der Waals surface area contributed by atoms with Crippen molar-refractivity contribution in [1.82, 2.24) is 10.2 Å². The fourth-order valence-electron chi connectivity index (χ4n) is 4.15. The van der Waals surface area contributed by atoms with Crippen LogP contribution in [0, 0.1) is 11.8 Å². The van der Waals surface area contributed by atoms with E-state index in [0.29, 0.717) is 18.4 Å². The van der Waals surface area contributed by atoms with Gasteiger partial charge in [-0.2, -0.15) is 0 Å². The molecule has 8 heteroatoms. The fraction of sp³-hybridized carbons (Fsp3) is 0.435. The van der Waals surface area contributed by atoms with Gasteiger partial charge in [0.05, 0.1) is 15.5 Å². The Labute approximate surface area is 190 Å². The van der Waals surface area contributed by atoms with Gasteiger partial charge in [-0.15, -0.1) is 0 Å². The van der Waals surface area contributed by atoms with Crippen LogP contribution in [0.3, 0.4) is 0 Å². The lowest BCUT2D eigenvalue weighted by molar-refractivity contribution is 0.0947. The molecule has 1 fully saturated rings. The smallest absolute Gasteiger partial charge is 0.261 e. The molecule has 2 aromatic rings. The lowest BCUT2D eigenvalue weighted by atomic mass is 9.92. The molecule has 2 aromatic carbocycles. The van der Waals surface area contributed by atoms with Crippen molar-refractivity contribution in [3.8, 4) is 0 Å². The molecule has 1 aliphatic rings. The Bertz CT molecular complexity index is 988. The van der Waals surface area contributed by atoms with Crippen LogP contribution in [0.25, 0.3) is 0 Å². The van der Waals surface area contributed by atoms with Crippen molar-refractivity contribution in [1.29, 1.82) is 0 Å². The van der Waals surface area contributed by atoms with Crippen molar-refractivity contribution in [2.24, 2.45) is 11.8 Å². The summed E-state index contributed by atoms with van der Waals surface area (Å²) in [4.78, 5) is 15.2. The molecule has 2 atom stereocenters. The van der Waals surface area contributed by atoms with Crippen molar-refractivity contribution in [2.75, 3.05) is 30.9 Å². The maximum absolute atomic E-state index is 12.6. The third-order valence-electron chi connectivity index (χ3n) is 5.40. The lowest BCUT2D eigenvalue weighted by Crippen LogP contribution is -2.40. The van der Waals surface area contributed by atoms with E-state index in [0.717, 1.165) is 26.1 Å². The highest BCUT2D eigenvalue weighted by Crippen LogP contribution is 2.23. The number of nitrogens with one attached hydrogen (secondary N) is 2. The maximum Gasteiger partial charge on any atom is 0.261 e. The fourth-order valence-corrected chi connectivity index (χ4v) is 5.42. The Hall–Kier alpha value is -2.09. The highest BCUT2D eigenvalue weighted by molar-refractivity contribution is 7.92. The number of hydrogen-bond acceptors (Lipinski definition) is 4. The summed E-state index contributed by atoms with van der Waals surface area (Å²) in [7, 11) is -3.74. The summed E-state index contributed by atoms with van der Waals surface area (Å²) in [5.74, 6) is 1.10. The molecule has 1 saturated heterocycles. The van der Waals surface area contributed by atoms with E-state index >= 15 is 0 Å². The molecular formula is C23H30ClN3O3S. The Morgan fingerprint density at radius 2 is 1.77 bits per heavy atom. The topological polar surface area (TPSA) is 78.5 Å². The summed E-state index contributed by atoms with van der Waals surface area (Å²) in [6, 6.07) is 12.6. The van der Waals surface area contributed by atoms with E-state index in [2.05, 4.69) is 28.8 Å². The highest BCUT2D eigenvalue weighted by atomic mass is 35.5. The van der Waals surface area contributed by atoms with Crippen LogP contribution in [-0.4, -0.2) is 45.4 Å². The van der Waals surface area contributed by atoms with Crippen LogP contribution in [-0.2, 0) is 10.0 Å². The minimum Gasteiger partial charge on any atom is -0.352 e. The molecule has 0 aromatic heterocycles. The second kappa shape index (κ2) is 10.5. The van der Waals surface area contributed by atoms with Crippen molar-refractivity contribution in [2.45, 2.75) is 31.6 Å². The summed E-state index contributed by atoms with van der Waals surface area (Å²) < 4.78 is 27.6. The van der Waals surface area contributed by atoms with E-state index in [4.69, 9.17) is 11.6 Å². The number of sulfonamides is 1. The molecule has 0 bridgehead atoms. The largest absolute Gasteiger partial charge is 0.352 e. The van der Waals surface area contributed by atoms with E-state index in [1.807, 2.05) is 0 Å². The summed E-state index contributed by atoms with van der Waals surface area (Å²) in [6.07, 6.45) is 2.12. The monoisotopic (exact) mass is 463 g/mol. The summed E-state index contributed by atoms with van der Waals surface area (Å²) in [5.41, 5.74) is 0.532. The number of rotatable bonds is 8. The van der Waals surface area contributed by atoms with Crippen molar-refractivity contribution >= 4 is 33.2 Å². The zero-order chi connectivity index (χ0) is 22.4. The second-order valence-corrected chi connectivity index (χ2v) is 10.5. The molecule has 31 heavy (non-hydrogen) atoms. The third-order valence-corrected chi connectivity index (χ3v) is 7.12. The van der Waals surface area contributed by atoms with Gasteiger partial charge in [-0.1, -0.05) is 43.6 Å². The van der Waals surface area contributed by atoms with Crippen LogP contribution in [0.15, 0.2) is 53.4 Å². The molecule has 1 aliphatic heterocycles. The highest BCUT2D eigenvalue weighted by Gasteiger charge is 2.21. The Morgan fingerprint density at radius 1 is 1.10 bits per heavy atom. The van der Waals surface area contributed by atoms with Crippen molar-refractivity contribution in [3.63, 3.8) is 0 Å². The van der Waals surface area contributed by atoms with Gasteiger partial charge in [0.1, 0.15) is 0 Å². The molecule has 0 aliphatic carbocycles. The van der Waals surface area contributed by atoms with Crippen molar-refractivity contribution in [3.05, 3.63) is 59.1 Å². The number of nitrogens with zero attached hydrogens (tertiary/aromatic N) is 1. The normalized spacial score (nSPS) is 19.7. The number of carbonyl (C=O) groups excluding carboxylic acids is 1. The van der Waals surface area contributed by atoms with Gasteiger partial charge in [0, 0.05) is 25.3 Å². The number of amides is 1.